The second kappa shape index (κ2) is 6.59. The molecule has 7 atom stereocenters. The molecule has 0 aromatic carbocycles. The predicted molar refractivity (Wildman–Crippen MR) is 69.4 cm³/mol. The highest BCUT2D eigenvalue weighted by atomic mass is 16.7. The normalized spacial score (nSPS) is 45.0. The van der Waals surface area contributed by atoms with Crippen LogP contribution in [0.1, 0.15) is 6.42 Å². The number of rotatable bonds is 4. The molecule has 0 saturated carbocycles. The summed E-state index contributed by atoms with van der Waals surface area (Å²) in [5.74, 6) is -0.808. The van der Waals surface area contributed by atoms with Crippen molar-refractivity contribution in [2.24, 2.45) is 0 Å². The van der Waals surface area contributed by atoms with Gasteiger partial charge < -0.3 is 39.7 Å². The van der Waals surface area contributed by atoms with Gasteiger partial charge >= 0.3 is 5.97 Å². The van der Waals surface area contributed by atoms with Gasteiger partial charge in [0.1, 0.15) is 24.4 Å². The summed E-state index contributed by atoms with van der Waals surface area (Å²) in [6, 6.07) is 0. The van der Waals surface area contributed by atoms with Crippen LogP contribution in [0.15, 0.2) is 12.2 Å². The fraction of sp³-hybridized carbons (Fsp3) is 0.769. The van der Waals surface area contributed by atoms with Crippen LogP contribution in [0.5, 0.6) is 0 Å². The monoisotopic (exact) mass is 320 g/mol. The van der Waals surface area contributed by atoms with Crippen molar-refractivity contribution in [1.29, 1.82) is 0 Å². The zero-order chi connectivity index (χ0) is 16.5. The topological polar surface area (TPSA) is 146 Å². The number of methoxy groups -OCH3 is 1. The third-order valence-corrected chi connectivity index (χ3v) is 3.81. The molecular formula is C13H20O9. The van der Waals surface area contributed by atoms with E-state index in [0.29, 0.717) is 0 Å². The van der Waals surface area contributed by atoms with Crippen LogP contribution in [0.4, 0.5) is 0 Å². The molecule has 0 unspecified atom stereocenters. The van der Waals surface area contributed by atoms with E-state index in [2.05, 4.69) is 4.74 Å². The summed E-state index contributed by atoms with van der Waals surface area (Å²) in [4.78, 5) is 12.0. The van der Waals surface area contributed by atoms with Gasteiger partial charge in [0.05, 0.1) is 19.8 Å². The van der Waals surface area contributed by atoms with Gasteiger partial charge in [-0.15, -0.1) is 0 Å². The van der Waals surface area contributed by atoms with Crippen molar-refractivity contribution < 1.29 is 44.5 Å². The number of carbonyl (C=O) groups excluding carboxylic acids is 1. The predicted octanol–water partition coefficient (Wildman–Crippen LogP) is -2.96. The maximum Gasteiger partial charge on any atom is 0.342 e. The third-order valence-electron chi connectivity index (χ3n) is 3.81. The minimum atomic E-state index is -1.68. The average Bonchev–Trinajstić information content (AvgIpc) is 2.89. The van der Waals surface area contributed by atoms with E-state index in [0.717, 1.165) is 7.11 Å². The van der Waals surface area contributed by atoms with Crippen LogP contribution < -0.4 is 0 Å². The van der Waals surface area contributed by atoms with E-state index in [9.17, 15) is 25.2 Å². The van der Waals surface area contributed by atoms with Crippen molar-refractivity contribution in [2.45, 2.75) is 48.8 Å². The Morgan fingerprint density at radius 2 is 1.95 bits per heavy atom. The zero-order valence-corrected chi connectivity index (χ0v) is 11.9. The molecule has 2 aliphatic rings. The Kier molecular flexibility index (Phi) is 5.17. The van der Waals surface area contributed by atoms with Crippen molar-refractivity contribution in [3.63, 3.8) is 0 Å². The largest absolute Gasteiger partial charge is 0.467 e. The molecule has 1 fully saturated rings. The lowest BCUT2D eigenvalue weighted by Gasteiger charge is -2.42. The quantitative estimate of drug-likeness (QED) is 0.271. The second-order valence-electron chi connectivity index (χ2n) is 5.33. The van der Waals surface area contributed by atoms with E-state index in [-0.39, 0.29) is 6.42 Å². The van der Waals surface area contributed by atoms with Crippen molar-refractivity contribution in [3.05, 3.63) is 12.2 Å². The van der Waals surface area contributed by atoms with Crippen LogP contribution in [0.25, 0.3) is 0 Å². The minimum absolute atomic E-state index is 0.144. The highest BCUT2D eigenvalue weighted by Crippen LogP contribution is 2.33. The van der Waals surface area contributed by atoms with Crippen molar-refractivity contribution in [2.75, 3.05) is 13.7 Å². The standard InChI is InChI=1S/C13H20O9/c1-20-12(19)13(3-2-6(15)4-13)22-11-10(18)9(17)8(16)7(5-14)21-11/h2-3,6-11,14-18H,4-5H2,1H3/t6-,7-,8-,9+,10-,11+,13-/m1/s1. The first-order valence-corrected chi connectivity index (χ1v) is 6.79. The van der Waals surface area contributed by atoms with E-state index >= 15 is 0 Å². The molecule has 5 N–H and O–H groups in total. The molecule has 126 valence electrons. The van der Waals surface area contributed by atoms with E-state index < -0.39 is 55.0 Å². The van der Waals surface area contributed by atoms with Gasteiger partial charge in [0.15, 0.2) is 11.9 Å². The van der Waals surface area contributed by atoms with Gasteiger partial charge in [-0.2, -0.15) is 0 Å². The van der Waals surface area contributed by atoms with Gasteiger partial charge in [-0.3, -0.25) is 0 Å². The molecule has 0 aromatic rings. The maximum atomic E-state index is 12.0. The summed E-state index contributed by atoms with van der Waals surface area (Å²) in [6.45, 7) is -0.617. The van der Waals surface area contributed by atoms with E-state index in [1.54, 1.807) is 0 Å². The Morgan fingerprint density at radius 3 is 2.45 bits per heavy atom. The van der Waals surface area contributed by atoms with Crippen molar-refractivity contribution >= 4 is 5.97 Å². The number of hydrogen-bond donors (Lipinski definition) is 5. The number of carbonyl (C=O) groups is 1. The molecule has 0 amide bonds. The smallest absolute Gasteiger partial charge is 0.342 e. The molecule has 9 heteroatoms. The van der Waals surface area contributed by atoms with Gasteiger partial charge in [-0.25, -0.2) is 4.79 Å². The van der Waals surface area contributed by atoms with E-state index in [1.165, 1.54) is 12.2 Å². The SMILES string of the molecule is COC(=O)[C@@]1(O[C@@H]2O[C@H](CO)[C@@H](O)[C@H](O)[C@H]2O)C=C[C@@H](O)C1. The third kappa shape index (κ3) is 3.01. The van der Waals surface area contributed by atoms with Crippen LogP contribution in [0.3, 0.4) is 0 Å². The number of esters is 1. The first-order valence-electron chi connectivity index (χ1n) is 6.79. The molecule has 0 radical (unpaired) electrons. The van der Waals surface area contributed by atoms with Crippen LogP contribution >= 0.6 is 0 Å². The molecule has 1 aliphatic carbocycles. The molecule has 22 heavy (non-hydrogen) atoms. The number of ether oxygens (including phenoxy) is 3. The van der Waals surface area contributed by atoms with Gasteiger partial charge in [0.2, 0.25) is 0 Å². The summed E-state index contributed by atoms with van der Waals surface area (Å²) in [5.41, 5.74) is -1.68. The fourth-order valence-electron chi connectivity index (χ4n) is 2.54. The number of aliphatic hydroxyl groups is 5. The first kappa shape index (κ1) is 17.3. The summed E-state index contributed by atoms with van der Waals surface area (Å²) < 4.78 is 15.3. The average molecular weight is 320 g/mol. The van der Waals surface area contributed by atoms with Crippen LogP contribution in [-0.4, -0.2) is 87.6 Å². The molecule has 0 bridgehead atoms. The second-order valence-corrected chi connectivity index (χ2v) is 5.33. The molecule has 2 rings (SSSR count). The Labute approximate surface area is 126 Å². The summed E-state index contributed by atoms with van der Waals surface area (Å²) in [5, 5.41) is 48.1. The Balaban J connectivity index is 2.19. The molecule has 0 aromatic heterocycles. The van der Waals surface area contributed by atoms with E-state index in [1.807, 2.05) is 0 Å². The van der Waals surface area contributed by atoms with Crippen LogP contribution in [0, 0.1) is 0 Å². The first-order chi connectivity index (χ1) is 10.3. The number of hydrogen-bond acceptors (Lipinski definition) is 9. The highest BCUT2D eigenvalue weighted by molar-refractivity contribution is 5.83. The molecule has 1 heterocycles. The van der Waals surface area contributed by atoms with Crippen LogP contribution in [-0.2, 0) is 19.0 Å². The lowest BCUT2D eigenvalue weighted by Crippen LogP contribution is -2.61. The van der Waals surface area contributed by atoms with Crippen molar-refractivity contribution in [1.82, 2.24) is 0 Å². The highest BCUT2D eigenvalue weighted by Gasteiger charge is 2.51. The summed E-state index contributed by atoms with van der Waals surface area (Å²) >= 11 is 0. The molecule has 1 saturated heterocycles. The fourth-order valence-corrected chi connectivity index (χ4v) is 2.54. The molecule has 1 aliphatic heterocycles. The Morgan fingerprint density at radius 1 is 1.27 bits per heavy atom. The van der Waals surface area contributed by atoms with E-state index in [4.69, 9.17) is 14.6 Å². The van der Waals surface area contributed by atoms with Gasteiger partial charge in [-0.1, -0.05) is 6.08 Å². The molecular weight excluding hydrogens is 300 g/mol. The van der Waals surface area contributed by atoms with Gasteiger partial charge in [0.25, 0.3) is 0 Å². The van der Waals surface area contributed by atoms with Crippen molar-refractivity contribution in [3.8, 4) is 0 Å². The van der Waals surface area contributed by atoms with Gasteiger partial charge in [-0.05, 0) is 6.08 Å². The Bertz CT molecular complexity index is 437. The summed E-state index contributed by atoms with van der Waals surface area (Å²) in [7, 11) is 1.14. The molecule has 9 nitrogen and oxygen atoms in total. The minimum Gasteiger partial charge on any atom is -0.467 e. The lowest BCUT2D eigenvalue weighted by atomic mass is 9.98. The zero-order valence-electron chi connectivity index (χ0n) is 11.9. The molecule has 0 spiro atoms. The number of aliphatic hydroxyl groups excluding tert-OH is 5. The summed E-state index contributed by atoms with van der Waals surface area (Å²) in [6.07, 6.45) is -5.92. The van der Waals surface area contributed by atoms with Gasteiger partial charge in [0, 0.05) is 6.42 Å². The lowest BCUT2D eigenvalue weighted by molar-refractivity contribution is -0.319. The van der Waals surface area contributed by atoms with Crippen LogP contribution in [0.2, 0.25) is 0 Å². The Hall–Kier alpha value is -1.07. The maximum absolute atomic E-state index is 12.0.